The molecule has 23 heavy (non-hydrogen) atoms. The highest BCUT2D eigenvalue weighted by atomic mass is 16.1. The molecular formula is C21H27NO. The first kappa shape index (κ1) is 17.3. The normalized spacial score (nSPS) is 12.1. The molecule has 0 unspecified atom stereocenters. The summed E-state index contributed by atoms with van der Waals surface area (Å²) in [6.07, 6.45) is 0. The summed E-state index contributed by atoms with van der Waals surface area (Å²) in [4.78, 5) is 12.7. The van der Waals surface area contributed by atoms with Gasteiger partial charge in [0.25, 0.3) is 5.91 Å². The molecule has 0 fully saturated rings. The van der Waals surface area contributed by atoms with Crippen molar-refractivity contribution >= 4 is 5.91 Å². The van der Waals surface area contributed by atoms with Crippen LogP contribution in [0.5, 0.6) is 0 Å². The Balaban J connectivity index is 2.27. The van der Waals surface area contributed by atoms with Crippen LogP contribution in [-0.2, 0) is 0 Å². The highest BCUT2D eigenvalue weighted by Gasteiger charge is 2.16. The van der Waals surface area contributed by atoms with Gasteiger partial charge < -0.3 is 5.32 Å². The van der Waals surface area contributed by atoms with E-state index in [4.69, 9.17) is 0 Å². The van der Waals surface area contributed by atoms with Gasteiger partial charge in [0.2, 0.25) is 0 Å². The van der Waals surface area contributed by atoms with Crippen molar-refractivity contribution in [3.05, 3.63) is 68.8 Å². The lowest BCUT2D eigenvalue weighted by Crippen LogP contribution is -2.28. The fourth-order valence-corrected chi connectivity index (χ4v) is 3.01. The zero-order chi connectivity index (χ0) is 17.3. The molecule has 2 aromatic rings. The van der Waals surface area contributed by atoms with E-state index in [1.165, 1.54) is 27.8 Å². The van der Waals surface area contributed by atoms with Crippen molar-refractivity contribution in [3.8, 4) is 0 Å². The number of rotatable bonds is 3. The summed E-state index contributed by atoms with van der Waals surface area (Å²) in [5.74, 6) is -0.00396. The summed E-state index contributed by atoms with van der Waals surface area (Å²) in [5.41, 5.74) is 9.10. The average Bonchev–Trinajstić information content (AvgIpc) is 2.46. The molecule has 1 atom stereocenters. The van der Waals surface area contributed by atoms with Crippen LogP contribution in [0.15, 0.2) is 24.3 Å². The molecule has 0 spiro atoms. The molecule has 0 saturated carbocycles. The third-order valence-electron chi connectivity index (χ3n) is 4.78. The number of carbonyl (C=O) groups excluding carboxylic acids is 1. The van der Waals surface area contributed by atoms with Gasteiger partial charge in [-0.25, -0.2) is 0 Å². The summed E-state index contributed by atoms with van der Waals surface area (Å²) < 4.78 is 0. The molecule has 0 bridgehead atoms. The molecule has 0 aromatic heterocycles. The minimum absolute atomic E-state index is 0.00396. The van der Waals surface area contributed by atoms with E-state index in [0.717, 1.165) is 16.7 Å². The van der Waals surface area contributed by atoms with E-state index in [0.29, 0.717) is 0 Å². The van der Waals surface area contributed by atoms with Gasteiger partial charge in [-0.2, -0.15) is 0 Å². The summed E-state index contributed by atoms with van der Waals surface area (Å²) in [7, 11) is 0. The van der Waals surface area contributed by atoms with Gasteiger partial charge in [0, 0.05) is 5.56 Å². The Labute approximate surface area is 139 Å². The van der Waals surface area contributed by atoms with Crippen molar-refractivity contribution in [2.24, 2.45) is 0 Å². The second-order valence-corrected chi connectivity index (χ2v) is 6.74. The second kappa shape index (κ2) is 6.57. The van der Waals surface area contributed by atoms with Crippen LogP contribution < -0.4 is 5.32 Å². The fourth-order valence-electron chi connectivity index (χ4n) is 3.01. The lowest BCUT2D eigenvalue weighted by atomic mass is 9.96. The van der Waals surface area contributed by atoms with Crippen LogP contribution in [0, 0.1) is 41.5 Å². The molecule has 2 rings (SSSR count). The van der Waals surface area contributed by atoms with E-state index in [2.05, 4.69) is 51.2 Å². The Kier molecular flexibility index (Phi) is 4.93. The van der Waals surface area contributed by atoms with Crippen LogP contribution in [0.4, 0.5) is 0 Å². The number of carbonyl (C=O) groups is 1. The van der Waals surface area contributed by atoms with Gasteiger partial charge in [-0.05, 0) is 93.5 Å². The number of nitrogens with one attached hydrogen (secondary N) is 1. The number of aryl methyl sites for hydroxylation is 6. The molecule has 0 heterocycles. The van der Waals surface area contributed by atoms with E-state index in [1.54, 1.807) is 0 Å². The van der Waals surface area contributed by atoms with Gasteiger partial charge in [0.15, 0.2) is 0 Å². The molecule has 0 aliphatic rings. The molecule has 0 aliphatic heterocycles. The van der Waals surface area contributed by atoms with E-state index in [9.17, 15) is 4.79 Å². The van der Waals surface area contributed by atoms with Crippen LogP contribution >= 0.6 is 0 Å². The van der Waals surface area contributed by atoms with E-state index < -0.39 is 0 Å². The Morgan fingerprint density at radius 1 is 0.739 bits per heavy atom. The molecule has 1 N–H and O–H groups in total. The molecular weight excluding hydrogens is 282 g/mol. The van der Waals surface area contributed by atoms with Gasteiger partial charge in [0.05, 0.1) is 6.04 Å². The summed E-state index contributed by atoms with van der Waals surface area (Å²) in [6, 6.07) is 8.43. The van der Waals surface area contributed by atoms with Crippen LogP contribution in [0.1, 0.15) is 62.3 Å². The highest BCUT2D eigenvalue weighted by Crippen LogP contribution is 2.23. The maximum Gasteiger partial charge on any atom is 0.252 e. The Morgan fingerprint density at radius 3 is 1.83 bits per heavy atom. The predicted octanol–water partition coefficient (Wildman–Crippen LogP) is 5.03. The lowest BCUT2D eigenvalue weighted by molar-refractivity contribution is 0.0939. The van der Waals surface area contributed by atoms with Gasteiger partial charge in [-0.3, -0.25) is 4.79 Å². The number of hydrogen-bond acceptors (Lipinski definition) is 1. The first-order chi connectivity index (χ1) is 10.7. The van der Waals surface area contributed by atoms with Gasteiger partial charge in [-0.15, -0.1) is 0 Å². The zero-order valence-corrected chi connectivity index (χ0v) is 15.3. The minimum Gasteiger partial charge on any atom is -0.345 e. The summed E-state index contributed by atoms with van der Waals surface area (Å²) in [6.45, 7) is 14.5. The van der Waals surface area contributed by atoms with Crippen molar-refractivity contribution in [1.82, 2.24) is 5.32 Å². The van der Waals surface area contributed by atoms with E-state index >= 15 is 0 Å². The minimum atomic E-state index is -0.0113. The SMILES string of the molecule is Cc1cc(C)c(C(=O)N[C@H](C)c2cc(C)c(C)cc2C)cc1C. The van der Waals surface area contributed by atoms with Crippen molar-refractivity contribution < 1.29 is 4.79 Å². The highest BCUT2D eigenvalue weighted by molar-refractivity contribution is 5.96. The van der Waals surface area contributed by atoms with Crippen LogP contribution in [0.25, 0.3) is 0 Å². The third kappa shape index (κ3) is 3.64. The second-order valence-electron chi connectivity index (χ2n) is 6.74. The maximum atomic E-state index is 12.7. The summed E-state index contributed by atoms with van der Waals surface area (Å²) in [5, 5.41) is 3.15. The Morgan fingerprint density at radius 2 is 1.22 bits per heavy atom. The molecule has 0 aliphatic carbocycles. The van der Waals surface area contributed by atoms with E-state index in [1.807, 2.05) is 26.8 Å². The van der Waals surface area contributed by atoms with Gasteiger partial charge >= 0.3 is 0 Å². The smallest absolute Gasteiger partial charge is 0.252 e. The van der Waals surface area contributed by atoms with Crippen molar-refractivity contribution in [2.45, 2.75) is 54.5 Å². The molecule has 122 valence electrons. The van der Waals surface area contributed by atoms with Crippen LogP contribution in [0.3, 0.4) is 0 Å². The first-order valence-corrected chi connectivity index (χ1v) is 8.17. The fraction of sp³-hybridized carbons (Fsp3) is 0.381. The predicted molar refractivity (Wildman–Crippen MR) is 97.2 cm³/mol. The molecule has 2 heteroatoms. The Bertz CT molecular complexity index is 759. The molecule has 1 amide bonds. The molecule has 0 saturated heterocycles. The van der Waals surface area contributed by atoms with Crippen molar-refractivity contribution in [3.63, 3.8) is 0 Å². The van der Waals surface area contributed by atoms with E-state index in [-0.39, 0.29) is 11.9 Å². The van der Waals surface area contributed by atoms with Gasteiger partial charge in [0.1, 0.15) is 0 Å². The molecule has 0 radical (unpaired) electrons. The Hall–Kier alpha value is -2.09. The first-order valence-electron chi connectivity index (χ1n) is 8.17. The average molecular weight is 309 g/mol. The van der Waals surface area contributed by atoms with Crippen LogP contribution in [0.2, 0.25) is 0 Å². The lowest BCUT2D eigenvalue weighted by Gasteiger charge is -2.19. The summed E-state index contributed by atoms with van der Waals surface area (Å²) >= 11 is 0. The third-order valence-corrected chi connectivity index (χ3v) is 4.78. The van der Waals surface area contributed by atoms with Gasteiger partial charge in [-0.1, -0.05) is 18.2 Å². The quantitative estimate of drug-likeness (QED) is 0.846. The number of benzene rings is 2. The van der Waals surface area contributed by atoms with Crippen molar-refractivity contribution in [2.75, 3.05) is 0 Å². The monoisotopic (exact) mass is 309 g/mol. The number of hydrogen-bond donors (Lipinski definition) is 1. The standard InChI is InChI=1S/C21H27NO/c1-12-8-16(5)19(10-14(12)3)18(7)22-21(23)20-11-15(4)13(2)9-17(20)6/h8-11,18H,1-7H3,(H,22,23)/t18-/m1/s1. The molecule has 2 nitrogen and oxygen atoms in total. The largest absolute Gasteiger partial charge is 0.345 e. The maximum absolute atomic E-state index is 12.7. The topological polar surface area (TPSA) is 29.1 Å². The van der Waals surface area contributed by atoms with Crippen LogP contribution in [-0.4, -0.2) is 5.91 Å². The zero-order valence-electron chi connectivity index (χ0n) is 15.3. The molecule has 2 aromatic carbocycles. The van der Waals surface area contributed by atoms with Crippen molar-refractivity contribution in [1.29, 1.82) is 0 Å². The number of amides is 1.